The Kier molecular flexibility index (Phi) is 4.91. The number of alkyl halides is 4. The first-order chi connectivity index (χ1) is 8.79. The van der Waals surface area contributed by atoms with E-state index in [1.807, 2.05) is 0 Å². The standard InChI is InChI=1S/C11H8BrF3N2O2/c12-4-9(18)10(19)17-7-2-1-6(5-16)8(3-7)11(13,14)15/h1-3,9,18H,4H2,(H,17,19)/t9-/m1/s1. The molecule has 0 unspecified atom stereocenters. The molecule has 0 heterocycles. The van der Waals surface area contributed by atoms with E-state index in [2.05, 4.69) is 21.2 Å². The number of nitrogens with one attached hydrogen (secondary N) is 1. The molecule has 1 rings (SSSR count). The van der Waals surface area contributed by atoms with Crippen LogP contribution in [0.2, 0.25) is 0 Å². The molecule has 2 N–H and O–H groups in total. The van der Waals surface area contributed by atoms with Crippen LogP contribution in [-0.2, 0) is 11.0 Å². The molecule has 0 aliphatic heterocycles. The van der Waals surface area contributed by atoms with Crippen LogP contribution in [0.15, 0.2) is 18.2 Å². The highest BCUT2D eigenvalue weighted by Crippen LogP contribution is 2.33. The van der Waals surface area contributed by atoms with Gasteiger partial charge in [0.15, 0.2) is 0 Å². The molecule has 1 aromatic carbocycles. The SMILES string of the molecule is N#Cc1ccc(NC(=O)[C@H](O)CBr)cc1C(F)(F)F. The highest BCUT2D eigenvalue weighted by atomic mass is 79.9. The average molecular weight is 337 g/mol. The van der Waals surface area contributed by atoms with E-state index in [-0.39, 0.29) is 11.0 Å². The molecule has 0 aliphatic carbocycles. The lowest BCUT2D eigenvalue weighted by Crippen LogP contribution is -2.28. The highest BCUT2D eigenvalue weighted by molar-refractivity contribution is 9.09. The van der Waals surface area contributed by atoms with Crippen LogP contribution in [0.4, 0.5) is 18.9 Å². The van der Waals surface area contributed by atoms with Gasteiger partial charge in [0, 0.05) is 11.0 Å². The third-order valence-corrected chi connectivity index (χ3v) is 2.78. The van der Waals surface area contributed by atoms with Crippen LogP contribution in [0.1, 0.15) is 11.1 Å². The van der Waals surface area contributed by atoms with Crippen molar-refractivity contribution in [3.8, 4) is 6.07 Å². The van der Waals surface area contributed by atoms with Gasteiger partial charge in [-0.3, -0.25) is 4.79 Å². The number of hydrogen-bond acceptors (Lipinski definition) is 3. The van der Waals surface area contributed by atoms with E-state index in [4.69, 9.17) is 5.26 Å². The van der Waals surface area contributed by atoms with Gasteiger partial charge in [0.1, 0.15) is 6.10 Å². The first-order valence-electron chi connectivity index (χ1n) is 4.96. The Labute approximate surface area is 115 Å². The van der Waals surface area contributed by atoms with E-state index in [0.717, 1.165) is 12.1 Å². The number of hydrogen-bond donors (Lipinski definition) is 2. The molecule has 1 aromatic rings. The summed E-state index contributed by atoms with van der Waals surface area (Å²) in [7, 11) is 0. The summed E-state index contributed by atoms with van der Waals surface area (Å²) in [4.78, 5) is 11.3. The van der Waals surface area contributed by atoms with E-state index in [1.54, 1.807) is 0 Å². The monoisotopic (exact) mass is 336 g/mol. The number of benzene rings is 1. The molecule has 0 radical (unpaired) electrons. The third kappa shape index (κ3) is 3.94. The number of halogens is 4. The summed E-state index contributed by atoms with van der Waals surface area (Å²) >= 11 is 2.86. The van der Waals surface area contributed by atoms with Gasteiger partial charge < -0.3 is 10.4 Å². The molecule has 0 aliphatic rings. The summed E-state index contributed by atoms with van der Waals surface area (Å²) in [6.07, 6.45) is -6.06. The molecular formula is C11H8BrF3N2O2. The van der Waals surface area contributed by atoms with E-state index in [9.17, 15) is 23.1 Å². The number of aliphatic hydroxyl groups excluding tert-OH is 1. The minimum atomic E-state index is -4.69. The minimum Gasteiger partial charge on any atom is -0.382 e. The second-order valence-electron chi connectivity index (χ2n) is 3.53. The van der Waals surface area contributed by atoms with Gasteiger partial charge in [-0.05, 0) is 18.2 Å². The van der Waals surface area contributed by atoms with E-state index in [1.165, 1.54) is 6.07 Å². The van der Waals surface area contributed by atoms with Crippen LogP contribution in [0, 0.1) is 11.3 Å². The van der Waals surface area contributed by atoms with E-state index in [0.29, 0.717) is 6.07 Å². The second-order valence-corrected chi connectivity index (χ2v) is 4.18. The lowest BCUT2D eigenvalue weighted by atomic mass is 10.1. The number of nitrogens with zero attached hydrogens (tertiary/aromatic N) is 1. The molecule has 0 fully saturated rings. The quantitative estimate of drug-likeness (QED) is 0.831. The van der Waals surface area contributed by atoms with Gasteiger partial charge in [-0.25, -0.2) is 0 Å². The van der Waals surface area contributed by atoms with Gasteiger partial charge in [-0.2, -0.15) is 18.4 Å². The zero-order chi connectivity index (χ0) is 14.6. The molecule has 19 heavy (non-hydrogen) atoms. The zero-order valence-corrected chi connectivity index (χ0v) is 10.9. The Morgan fingerprint density at radius 1 is 1.53 bits per heavy atom. The van der Waals surface area contributed by atoms with Crippen molar-refractivity contribution in [3.05, 3.63) is 29.3 Å². The van der Waals surface area contributed by atoms with E-state index < -0.39 is 29.3 Å². The van der Waals surface area contributed by atoms with Crippen molar-refractivity contribution in [1.82, 2.24) is 0 Å². The smallest absolute Gasteiger partial charge is 0.382 e. The molecule has 1 atom stereocenters. The van der Waals surface area contributed by atoms with Crippen LogP contribution < -0.4 is 5.32 Å². The van der Waals surface area contributed by atoms with Crippen LogP contribution in [0.25, 0.3) is 0 Å². The van der Waals surface area contributed by atoms with Gasteiger partial charge in [0.2, 0.25) is 0 Å². The zero-order valence-electron chi connectivity index (χ0n) is 9.33. The fraction of sp³-hybridized carbons (Fsp3) is 0.273. The fourth-order valence-electron chi connectivity index (χ4n) is 1.25. The van der Waals surface area contributed by atoms with Crippen molar-refractivity contribution in [2.24, 2.45) is 0 Å². The third-order valence-electron chi connectivity index (χ3n) is 2.16. The number of anilines is 1. The molecule has 1 amide bonds. The van der Waals surface area contributed by atoms with Gasteiger partial charge in [0.25, 0.3) is 5.91 Å². The Bertz CT molecular complexity index is 526. The highest BCUT2D eigenvalue weighted by Gasteiger charge is 2.34. The second kappa shape index (κ2) is 6.04. The molecule has 0 saturated heterocycles. The minimum absolute atomic E-state index is 0.0404. The predicted octanol–water partition coefficient (Wildman–Crippen LogP) is 2.27. The molecular weight excluding hydrogens is 329 g/mol. The Morgan fingerprint density at radius 2 is 2.16 bits per heavy atom. The van der Waals surface area contributed by atoms with Gasteiger partial charge in [0.05, 0.1) is 17.2 Å². The number of amides is 1. The van der Waals surface area contributed by atoms with Crippen molar-refractivity contribution >= 4 is 27.5 Å². The summed E-state index contributed by atoms with van der Waals surface area (Å²) in [6.45, 7) is 0. The lowest BCUT2D eigenvalue weighted by molar-refractivity contribution is -0.137. The topological polar surface area (TPSA) is 73.1 Å². The normalized spacial score (nSPS) is 12.6. The van der Waals surface area contributed by atoms with Gasteiger partial charge >= 0.3 is 6.18 Å². The van der Waals surface area contributed by atoms with Crippen molar-refractivity contribution in [2.45, 2.75) is 12.3 Å². The molecule has 0 aromatic heterocycles. The van der Waals surface area contributed by atoms with Crippen molar-refractivity contribution < 1.29 is 23.1 Å². The molecule has 8 heteroatoms. The van der Waals surface area contributed by atoms with Crippen LogP contribution in [-0.4, -0.2) is 22.4 Å². The van der Waals surface area contributed by atoms with Crippen LogP contribution in [0.5, 0.6) is 0 Å². The summed E-state index contributed by atoms with van der Waals surface area (Å²) < 4.78 is 38.0. The van der Waals surface area contributed by atoms with Gasteiger partial charge in [-0.1, -0.05) is 15.9 Å². The fourth-order valence-corrected chi connectivity index (χ4v) is 1.54. The van der Waals surface area contributed by atoms with Crippen molar-refractivity contribution in [2.75, 3.05) is 10.6 Å². The molecule has 0 spiro atoms. The van der Waals surface area contributed by atoms with Crippen molar-refractivity contribution in [3.63, 3.8) is 0 Å². The van der Waals surface area contributed by atoms with E-state index >= 15 is 0 Å². The van der Waals surface area contributed by atoms with Gasteiger partial charge in [-0.15, -0.1) is 0 Å². The largest absolute Gasteiger partial charge is 0.417 e. The molecule has 102 valence electrons. The lowest BCUT2D eigenvalue weighted by Gasteiger charge is -2.12. The summed E-state index contributed by atoms with van der Waals surface area (Å²) in [5.74, 6) is -0.838. The molecule has 4 nitrogen and oxygen atoms in total. The summed E-state index contributed by atoms with van der Waals surface area (Å²) in [6, 6.07) is 4.19. The average Bonchev–Trinajstić information content (AvgIpc) is 2.36. The summed E-state index contributed by atoms with van der Waals surface area (Å²) in [5, 5.41) is 19.9. The number of carbonyl (C=O) groups excluding carboxylic acids is 1. The van der Waals surface area contributed by atoms with Crippen molar-refractivity contribution in [1.29, 1.82) is 5.26 Å². The Morgan fingerprint density at radius 3 is 2.63 bits per heavy atom. The first-order valence-corrected chi connectivity index (χ1v) is 6.08. The maximum absolute atomic E-state index is 12.7. The Hall–Kier alpha value is -1.59. The number of nitriles is 1. The molecule has 0 saturated carbocycles. The molecule has 0 bridgehead atoms. The summed E-state index contributed by atoms with van der Waals surface area (Å²) in [5.41, 5.74) is -1.82. The first kappa shape index (κ1) is 15.5. The maximum Gasteiger partial charge on any atom is 0.417 e. The Balaban J connectivity index is 3.07. The van der Waals surface area contributed by atoms with Crippen LogP contribution >= 0.6 is 15.9 Å². The number of carbonyl (C=O) groups is 1. The maximum atomic E-state index is 12.7. The predicted molar refractivity (Wildman–Crippen MR) is 64.6 cm³/mol. The number of rotatable bonds is 3. The van der Waals surface area contributed by atoms with Crippen LogP contribution in [0.3, 0.4) is 0 Å². The number of aliphatic hydroxyl groups is 1.